The van der Waals surface area contributed by atoms with Crippen LogP contribution in [0.4, 0.5) is 0 Å². The van der Waals surface area contributed by atoms with Crippen LogP contribution in [-0.4, -0.2) is 61.6 Å². The molecular formula is C22H30N2O4. The molecule has 3 rings (SSSR count). The van der Waals surface area contributed by atoms with E-state index < -0.39 is 0 Å². The van der Waals surface area contributed by atoms with Crippen LogP contribution in [0.1, 0.15) is 38.7 Å². The molecule has 2 aliphatic rings. The Labute approximate surface area is 167 Å². The van der Waals surface area contributed by atoms with Gasteiger partial charge in [0.25, 0.3) is 11.8 Å². The second-order valence-electron chi connectivity index (χ2n) is 7.48. The van der Waals surface area contributed by atoms with Gasteiger partial charge in [-0.05, 0) is 49.8 Å². The first kappa shape index (κ1) is 20.4. The molecule has 1 fully saturated rings. The predicted molar refractivity (Wildman–Crippen MR) is 108 cm³/mol. The maximum Gasteiger partial charge on any atom is 0.277 e. The molecule has 1 saturated heterocycles. The highest BCUT2D eigenvalue weighted by molar-refractivity contribution is 6.35. The van der Waals surface area contributed by atoms with E-state index in [1.54, 1.807) is 7.11 Å². The molecule has 0 N–H and O–H groups in total. The molecule has 1 unspecified atom stereocenters. The number of benzene rings is 1. The average Bonchev–Trinajstić information content (AvgIpc) is 2.94. The van der Waals surface area contributed by atoms with Gasteiger partial charge in [0.05, 0.1) is 12.2 Å². The van der Waals surface area contributed by atoms with Gasteiger partial charge in [0.2, 0.25) is 0 Å². The van der Waals surface area contributed by atoms with E-state index in [0.717, 1.165) is 37.2 Å². The quantitative estimate of drug-likeness (QED) is 0.508. The Balaban J connectivity index is 1.95. The third-order valence-corrected chi connectivity index (χ3v) is 5.30. The SMILES string of the molecule is CCOc1ccc(C2=C(N3CCCC(C)C3)C(=O)N(CCCOC)C2=O)cc1. The minimum Gasteiger partial charge on any atom is -0.494 e. The van der Waals surface area contributed by atoms with Crippen LogP contribution in [0.2, 0.25) is 0 Å². The van der Waals surface area contributed by atoms with Crippen LogP contribution in [0, 0.1) is 5.92 Å². The van der Waals surface area contributed by atoms with Gasteiger partial charge in [-0.2, -0.15) is 0 Å². The molecule has 6 nitrogen and oxygen atoms in total. The Kier molecular flexibility index (Phi) is 6.73. The van der Waals surface area contributed by atoms with Gasteiger partial charge in [0.1, 0.15) is 11.4 Å². The Bertz CT molecular complexity index is 741. The molecule has 0 spiro atoms. The lowest BCUT2D eigenvalue weighted by Gasteiger charge is -2.33. The molecule has 2 aliphatic heterocycles. The van der Waals surface area contributed by atoms with Crippen LogP contribution < -0.4 is 4.74 Å². The Hall–Kier alpha value is -2.34. The Morgan fingerprint density at radius 2 is 1.89 bits per heavy atom. The van der Waals surface area contributed by atoms with Crippen molar-refractivity contribution in [3.63, 3.8) is 0 Å². The molecule has 0 bridgehead atoms. The first-order valence-corrected chi connectivity index (χ1v) is 10.1. The normalized spacial score (nSPS) is 20.3. The highest BCUT2D eigenvalue weighted by atomic mass is 16.5. The van der Waals surface area contributed by atoms with E-state index in [1.165, 1.54) is 4.90 Å². The van der Waals surface area contributed by atoms with Gasteiger partial charge in [-0.3, -0.25) is 14.5 Å². The molecular weight excluding hydrogens is 356 g/mol. The summed E-state index contributed by atoms with van der Waals surface area (Å²) in [5.74, 6) is 0.875. The molecule has 1 atom stereocenters. The lowest BCUT2D eigenvalue weighted by molar-refractivity contribution is -0.137. The highest BCUT2D eigenvalue weighted by Gasteiger charge is 2.41. The standard InChI is InChI=1S/C22H30N2O4/c1-4-28-18-10-8-17(9-11-18)19-20(23-12-5-7-16(2)15-23)22(26)24(21(19)25)13-6-14-27-3/h8-11,16H,4-7,12-15H2,1-3H3. The van der Waals surface area contributed by atoms with Crippen molar-refractivity contribution in [2.45, 2.75) is 33.1 Å². The van der Waals surface area contributed by atoms with Crippen molar-refractivity contribution >= 4 is 17.4 Å². The van der Waals surface area contributed by atoms with Gasteiger partial charge in [0.15, 0.2) is 0 Å². The molecule has 1 aromatic carbocycles. The van der Waals surface area contributed by atoms with Crippen molar-refractivity contribution in [3.05, 3.63) is 35.5 Å². The van der Waals surface area contributed by atoms with Crippen molar-refractivity contribution in [3.8, 4) is 5.75 Å². The van der Waals surface area contributed by atoms with Crippen molar-refractivity contribution in [1.82, 2.24) is 9.80 Å². The monoisotopic (exact) mass is 386 g/mol. The van der Waals surface area contributed by atoms with Crippen molar-refractivity contribution in [1.29, 1.82) is 0 Å². The van der Waals surface area contributed by atoms with E-state index in [-0.39, 0.29) is 11.8 Å². The molecule has 2 amide bonds. The van der Waals surface area contributed by atoms with E-state index in [9.17, 15) is 9.59 Å². The van der Waals surface area contributed by atoms with Gasteiger partial charge in [-0.1, -0.05) is 19.1 Å². The van der Waals surface area contributed by atoms with Crippen LogP contribution >= 0.6 is 0 Å². The smallest absolute Gasteiger partial charge is 0.277 e. The third-order valence-electron chi connectivity index (χ3n) is 5.30. The lowest BCUT2D eigenvalue weighted by Crippen LogP contribution is -2.39. The number of rotatable bonds is 8. The van der Waals surface area contributed by atoms with Crippen LogP contribution in [0.3, 0.4) is 0 Å². The number of nitrogens with zero attached hydrogens (tertiary/aromatic N) is 2. The second-order valence-corrected chi connectivity index (χ2v) is 7.48. The summed E-state index contributed by atoms with van der Waals surface area (Å²) in [6.45, 7) is 7.23. The van der Waals surface area contributed by atoms with Crippen molar-refractivity contribution in [2.75, 3.05) is 40.0 Å². The van der Waals surface area contributed by atoms with Crippen LogP contribution in [0.15, 0.2) is 30.0 Å². The number of carbonyl (C=O) groups is 2. The summed E-state index contributed by atoms with van der Waals surface area (Å²) in [7, 11) is 1.62. The van der Waals surface area contributed by atoms with Crippen LogP contribution in [0.25, 0.3) is 5.57 Å². The molecule has 152 valence electrons. The molecule has 28 heavy (non-hydrogen) atoms. The lowest BCUT2D eigenvalue weighted by atomic mass is 9.97. The fourth-order valence-corrected chi connectivity index (χ4v) is 3.96. The molecule has 1 aromatic rings. The molecule has 0 saturated carbocycles. The fourth-order valence-electron chi connectivity index (χ4n) is 3.96. The number of carbonyl (C=O) groups excluding carboxylic acids is 2. The summed E-state index contributed by atoms with van der Waals surface area (Å²) in [4.78, 5) is 29.9. The predicted octanol–water partition coefficient (Wildman–Crippen LogP) is 2.93. The summed E-state index contributed by atoms with van der Waals surface area (Å²) in [6, 6.07) is 7.45. The van der Waals surface area contributed by atoms with Gasteiger partial charge >= 0.3 is 0 Å². The third kappa shape index (κ3) is 4.22. The van der Waals surface area contributed by atoms with Gasteiger partial charge in [-0.15, -0.1) is 0 Å². The average molecular weight is 386 g/mol. The first-order chi connectivity index (χ1) is 13.6. The van der Waals surface area contributed by atoms with Crippen LogP contribution in [0.5, 0.6) is 5.75 Å². The topological polar surface area (TPSA) is 59.1 Å². The molecule has 0 aromatic heterocycles. The zero-order valence-electron chi connectivity index (χ0n) is 17.1. The minimum atomic E-state index is -0.210. The largest absolute Gasteiger partial charge is 0.494 e. The highest BCUT2D eigenvalue weighted by Crippen LogP contribution is 2.34. The number of amides is 2. The zero-order chi connectivity index (χ0) is 20.1. The van der Waals surface area contributed by atoms with E-state index in [4.69, 9.17) is 9.47 Å². The summed E-state index contributed by atoms with van der Waals surface area (Å²) >= 11 is 0. The van der Waals surface area contributed by atoms with E-state index in [0.29, 0.717) is 43.4 Å². The Morgan fingerprint density at radius 3 is 2.54 bits per heavy atom. The van der Waals surface area contributed by atoms with Gasteiger partial charge in [-0.25, -0.2) is 0 Å². The zero-order valence-corrected chi connectivity index (χ0v) is 17.1. The molecule has 0 aliphatic carbocycles. The van der Waals surface area contributed by atoms with E-state index >= 15 is 0 Å². The van der Waals surface area contributed by atoms with Gasteiger partial charge < -0.3 is 14.4 Å². The number of piperidine rings is 1. The molecule has 6 heteroatoms. The molecule has 0 radical (unpaired) electrons. The number of imide groups is 1. The van der Waals surface area contributed by atoms with E-state index in [1.807, 2.05) is 31.2 Å². The van der Waals surface area contributed by atoms with Gasteiger partial charge in [0, 0.05) is 33.4 Å². The first-order valence-electron chi connectivity index (χ1n) is 10.1. The Morgan fingerprint density at radius 1 is 1.14 bits per heavy atom. The maximum atomic E-state index is 13.2. The number of ether oxygens (including phenoxy) is 2. The number of hydrogen-bond acceptors (Lipinski definition) is 5. The fraction of sp³-hybridized carbons (Fsp3) is 0.545. The summed E-state index contributed by atoms with van der Waals surface area (Å²) in [5.41, 5.74) is 1.84. The van der Waals surface area contributed by atoms with Crippen molar-refractivity contribution in [2.24, 2.45) is 5.92 Å². The molecule has 2 heterocycles. The van der Waals surface area contributed by atoms with E-state index in [2.05, 4.69) is 11.8 Å². The summed E-state index contributed by atoms with van der Waals surface area (Å²) < 4.78 is 10.6. The summed E-state index contributed by atoms with van der Waals surface area (Å²) in [6.07, 6.45) is 2.82. The maximum absolute atomic E-state index is 13.2. The van der Waals surface area contributed by atoms with Crippen molar-refractivity contribution < 1.29 is 19.1 Å². The number of hydrogen-bond donors (Lipinski definition) is 0. The number of likely N-dealkylation sites (tertiary alicyclic amines) is 1. The minimum absolute atomic E-state index is 0.181. The van der Waals surface area contributed by atoms with Crippen LogP contribution in [-0.2, 0) is 14.3 Å². The summed E-state index contributed by atoms with van der Waals surface area (Å²) in [5, 5.41) is 0. The second kappa shape index (κ2) is 9.24. The number of methoxy groups -OCH3 is 1.